The van der Waals surface area contributed by atoms with Gasteiger partial charge in [0.2, 0.25) is 0 Å². The first kappa shape index (κ1) is 23.4. The molecule has 3 atom stereocenters. The molecular weight excluding hydrogens is 448 g/mol. The van der Waals surface area contributed by atoms with E-state index in [4.69, 9.17) is 9.47 Å². The van der Waals surface area contributed by atoms with Crippen molar-refractivity contribution in [2.24, 2.45) is 0 Å². The highest BCUT2D eigenvalue weighted by Gasteiger charge is 2.36. The molecule has 3 unspecified atom stereocenters. The van der Waals surface area contributed by atoms with E-state index in [0.29, 0.717) is 47.7 Å². The minimum Gasteiger partial charge on any atom is -0.375 e. The molecule has 4 fully saturated rings. The number of methoxy groups -OCH3 is 1. The lowest BCUT2D eigenvalue weighted by Gasteiger charge is -2.29. The van der Waals surface area contributed by atoms with Gasteiger partial charge in [0.05, 0.1) is 22.6 Å². The number of nitrogens with zero attached hydrogens (tertiary/aromatic N) is 4. The first-order valence-electron chi connectivity index (χ1n) is 12.0. The van der Waals surface area contributed by atoms with E-state index in [9.17, 15) is 10.1 Å². The van der Waals surface area contributed by atoms with Gasteiger partial charge in [-0.2, -0.15) is 0 Å². The lowest BCUT2D eigenvalue weighted by Crippen LogP contribution is -2.43. The zero-order valence-corrected chi connectivity index (χ0v) is 19.7. The Balaban J connectivity index is 0.000000362. The zero-order chi connectivity index (χ0) is 24.2. The molecule has 1 saturated carbocycles. The molecule has 35 heavy (non-hydrogen) atoms. The van der Waals surface area contributed by atoms with E-state index in [2.05, 4.69) is 20.6 Å². The van der Waals surface area contributed by atoms with Crippen LogP contribution in [-0.2, 0) is 9.47 Å². The van der Waals surface area contributed by atoms with E-state index in [-0.39, 0.29) is 10.6 Å². The number of ether oxygens (including phenoxy) is 2. The quantitative estimate of drug-likeness (QED) is 0.311. The second-order valence-corrected chi connectivity index (χ2v) is 8.94. The molecule has 2 N–H and O–H groups in total. The van der Waals surface area contributed by atoms with Gasteiger partial charge in [0.1, 0.15) is 17.8 Å². The molecule has 1 aromatic heterocycles. The standard InChI is InChI=1S/C20H22N6O3.C5H8O/c1-29-20(14-5-3-2-4-6-14)24-19-15-11-18(26(27)28)17(12-16(15)22-13-23-19)25-9-7-21-8-10-25;1-2-5-3-4(1)6-5/h2-6,11-13,20-21H,7-10H2,1H3,(H,22,23,24);4-5H,1-3H2. The van der Waals surface area contributed by atoms with Crippen LogP contribution in [0.2, 0.25) is 0 Å². The summed E-state index contributed by atoms with van der Waals surface area (Å²) in [5, 5.41) is 18.9. The van der Waals surface area contributed by atoms with Crippen LogP contribution in [0.1, 0.15) is 31.1 Å². The predicted octanol–water partition coefficient (Wildman–Crippen LogP) is 3.64. The molecule has 7 rings (SSSR count). The minimum atomic E-state index is -0.443. The Hall–Kier alpha value is -3.34. The van der Waals surface area contributed by atoms with Crippen molar-refractivity contribution in [2.45, 2.75) is 37.7 Å². The number of piperazine rings is 1. The van der Waals surface area contributed by atoms with Gasteiger partial charge in [-0.1, -0.05) is 30.3 Å². The van der Waals surface area contributed by atoms with Crippen LogP contribution >= 0.6 is 0 Å². The lowest BCUT2D eigenvalue weighted by molar-refractivity contribution is -0.384. The molecule has 2 bridgehead atoms. The fourth-order valence-electron chi connectivity index (χ4n) is 4.83. The van der Waals surface area contributed by atoms with Crippen LogP contribution in [0.25, 0.3) is 10.9 Å². The van der Waals surface area contributed by atoms with Crippen molar-refractivity contribution in [1.29, 1.82) is 0 Å². The number of hydrogen-bond acceptors (Lipinski definition) is 9. The van der Waals surface area contributed by atoms with Crippen LogP contribution in [0.5, 0.6) is 0 Å². The van der Waals surface area contributed by atoms with Gasteiger partial charge >= 0.3 is 0 Å². The van der Waals surface area contributed by atoms with E-state index in [1.165, 1.54) is 25.6 Å². The molecule has 3 saturated heterocycles. The number of aromatic nitrogens is 2. The summed E-state index contributed by atoms with van der Waals surface area (Å²) in [5.74, 6) is 0.487. The zero-order valence-electron chi connectivity index (χ0n) is 19.7. The Labute approximate surface area is 203 Å². The molecule has 0 amide bonds. The topological polar surface area (TPSA) is 115 Å². The van der Waals surface area contributed by atoms with Crippen molar-refractivity contribution < 1.29 is 14.4 Å². The maximum Gasteiger partial charge on any atom is 0.293 e. The lowest BCUT2D eigenvalue weighted by atomic mass is 10.1. The van der Waals surface area contributed by atoms with E-state index in [1.54, 1.807) is 19.2 Å². The summed E-state index contributed by atoms with van der Waals surface area (Å²) in [4.78, 5) is 22.1. The number of nitro benzene ring substituents is 1. The molecule has 3 aromatic rings. The fraction of sp³-hybridized carbons (Fsp3) is 0.440. The molecule has 4 aliphatic rings. The van der Waals surface area contributed by atoms with Gasteiger partial charge in [0.25, 0.3) is 5.69 Å². The van der Waals surface area contributed by atoms with E-state index < -0.39 is 6.23 Å². The highest BCUT2D eigenvalue weighted by Crippen LogP contribution is 2.36. The van der Waals surface area contributed by atoms with Gasteiger partial charge in [0, 0.05) is 50.3 Å². The normalized spacial score (nSPS) is 21.6. The highest BCUT2D eigenvalue weighted by molar-refractivity contribution is 5.94. The molecule has 184 valence electrons. The summed E-state index contributed by atoms with van der Waals surface area (Å²) in [5.41, 5.74) is 2.20. The summed E-state index contributed by atoms with van der Waals surface area (Å²) >= 11 is 0. The van der Waals surface area contributed by atoms with Crippen LogP contribution in [0.15, 0.2) is 48.8 Å². The number of hydrogen-bond donors (Lipinski definition) is 2. The van der Waals surface area contributed by atoms with Gasteiger partial charge in [-0.25, -0.2) is 9.97 Å². The third-order valence-corrected chi connectivity index (χ3v) is 6.71. The number of nitrogens with one attached hydrogen (secondary N) is 2. The third-order valence-electron chi connectivity index (χ3n) is 6.71. The monoisotopic (exact) mass is 478 g/mol. The SMILES string of the molecule is C1CC2CC1O2.COC(Nc1ncnc2cc(N3CCNCC3)c([N+](=O)[O-])cc12)c1ccccc1. The Bertz CT molecular complexity index is 1150. The van der Waals surface area contributed by atoms with Gasteiger partial charge in [-0.15, -0.1) is 0 Å². The van der Waals surface area contributed by atoms with Crippen LogP contribution in [-0.4, -0.2) is 60.4 Å². The van der Waals surface area contributed by atoms with Gasteiger partial charge < -0.3 is 25.0 Å². The highest BCUT2D eigenvalue weighted by atomic mass is 16.6. The Kier molecular flexibility index (Phi) is 7.03. The number of benzene rings is 2. The van der Waals surface area contributed by atoms with Gasteiger partial charge in [0.15, 0.2) is 6.23 Å². The molecule has 10 heteroatoms. The summed E-state index contributed by atoms with van der Waals surface area (Å²) < 4.78 is 10.8. The molecule has 10 nitrogen and oxygen atoms in total. The number of nitro groups is 1. The number of fused-ring (bicyclic) bond motifs is 2. The summed E-state index contributed by atoms with van der Waals surface area (Å²) in [7, 11) is 1.60. The summed E-state index contributed by atoms with van der Waals surface area (Å²) in [6, 6.07) is 13.0. The average molecular weight is 479 g/mol. The Morgan fingerprint density at radius 2 is 1.89 bits per heavy atom. The minimum absolute atomic E-state index is 0.0472. The number of rotatable bonds is 6. The first-order valence-corrected chi connectivity index (χ1v) is 12.0. The summed E-state index contributed by atoms with van der Waals surface area (Å²) in [6.45, 7) is 3.00. The van der Waals surface area contributed by atoms with Gasteiger partial charge in [-0.05, 0) is 25.3 Å². The van der Waals surface area contributed by atoms with Crippen molar-refractivity contribution in [2.75, 3.05) is 43.5 Å². The van der Waals surface area contributed by atoms with Crippen LogP contribution in [0.4, 0.5) is 17.2 Å². The van der Waals surface area contributed by atoms with Crippen LogP contribution in [0.3, 0.4) is 0 Å². The maximum atomic E-state index is 11.8. The Morgan fingerprint density at radius 1 is 1.17 bits per heavy atom. The maximum absolute atomic E-state index is 11.8. The third kappa shape index (κ3) is 5.19. The first-order chi connectivity index (χ1) is 17.1. The van der Waals surface area contributed by atoms with Crippen molar-refractivity contribution in [3.63, 3.8) is 0 Å². The van der Waals surface area contributed by atoms with Crippen LogP contribution in [0, 0.1) is 10.1 Å². The van der Waals surface area contributed by atoms with E-state index in [0.717, 1.165) is 18.7 Å². The molecule has 1 aliphatic carbocycles. The molecule has 0 spiro atoms. The molecule has 4 heterocycles. The molecule has 0 radical (unpaired) electrons. The van der Waals surface area contributed by atoms with E-state index >= 15 is 0 Å². The van der Waals surface area contributed by atoms with Crippen molar-refractivity contribution in [3.05, 3.63) is 64.5 Å². The molecule has 3 aliphatic heterocycles. The smallest absolute Gasteiger partial charge is 0.293 e. The van der Waals surface area contributed by atoms with Crippen molar-refractivity contribution >= 4 is 28.1 Å². The fourth-order valence-corrected chi connectivity index (χ4v) is 4.83. The van der Waals surface area contributed by atoms with Crippen molar-refractivity contribution in [1.82, 2.24) is 15.3 Å². The largest absolute Gasteiger partial charge is 0.375 e. The predicted molar refractivity (Wildman–Crippen MR) is 134 cm³/mol. The average Bonchev–Trinajstić information content (AvgIpc) is 3.55. The van der Waals surface area contributed by atoms with Gasteiger partial charge in [-0.3, -0.25) is 10.1 Å². The van der Waals surface area contributed by atoms with Crippen molar-refractivity contribution in [3.8, 4) is 0 Å². The Morgan fingerprint density at radius 3 is 2.49 bits per heavy atom. The van der Waals surface area contributed by atoms with E-state index in [1.807, 2.05) is 35.2 Å². The second kappa shape index (κ2) is 10.5. The van der Waals surface area contributed by atoms with Crippen LogP contribution < -0.4 is 15.5 Å². The molecule has 2 aromatic carbocycles. The summed E-state index contributed by atoms with van der Waals surface area (Å²) in [6.07, 6.45) is 6.43. The second-order valence-electron chi connectivity index (χ2n) is 8.94. The molecular formula is C25H30N6O4. The number of anilines is 2.